The monoisotopic (exact) mass is 1750 g/mol. The van der Waals surface area contributed by atoms with Gasteiger partial charge in [0.1, 0.15) is 72.9 Å². The van der Waals surface area contributed by atoms with Gasteiger partial charge in [0, 0.05) is 135 Å². The fourth-order valence-electron chi connectivity index (χ4n) is 17.9. The van der Waals surface area contributed by atoms with Gasteiger partial charge in [0.2, 0.25) is 22.8 Å². The van der Waals surface area contributed by atoms with Crippen LogP contribution in [0.1, 0.15) is 135 Å². The standard InChI is InChI=1S/C32H31N2O.C31H29N2O.C29H25N2O.C27H21N2O.2CH4/c1-20-13-14-25-27-18-24(33-6)17-26(23-11-9-8-10-12-23)30(27)35-31(25)29(20)28-16-22(19-32(3,4)5)15-21(2)34(28)7;1-19(2)14-22-15-21(4)33(6)28(16-22)29-20(3)12-13-25-27-18-24(32-5)17-26(30(27)34-31(25)29)23-10-8-7-9-11-23;1-18(2)21-13-14-31(5)26(15-21)27-19(3)11-12-23-25-17-22(30-4)16-24(28(25)32-29(23)27)20-9-7-6-8-10-20;1-17-12-13-29(4)24(14-17)25-18(2)10-11-21-23-16-20(28-3)15-22(26(23)30-27(21)25)19-8-6-5-7-9-19;;/h8-18H,19H2,1-5,7H3;7-13,15-19H,14H2,1-4,6H3;6-18H,1-3,5H3;5-16H,1-2,4H3;2*1H4/q4*+1;;/i19D2;14D2;13D,18D;12D;;. The van der Waals surface area contributed by atoms with Gasteiger partial charge in [0.25, 0.3) is 0 Å². The molecule has 0 atom stereocenters. The summed E-state index contributed by atoms with van der Waals surface area (Å²) in [6, 6.07) is 84.5. The zero-order valence-electron chi connectivity index (χ0n) is 84.2. The maximum absolute atomic E-state index is 8.92. The number of furan rings is 4. The Balaban J connectivity index is 0.000000141. The van der Waals surface area contributed by atoms with E-state index in [1.807, 2.05) is 312 Å². The highest BCUT2D eigenvalue weighted by molar-refractivity contribution is 6.18. The lowest BCUT2D eigenvalue weighted by Crippen LogP contribution is -2.35. The van der Waals surface area contributed by atoms with Gasteiger partial charge < -0.3 is 17.7 Å². The third kappa shape index (κ3) is 17.9. The number of rotatable bonds is 12. The van der Waals surface area contributed by atoms with Crippen LogP contribution in [0, 0.1) is 86.1 Å². The van der Waals surface area contributed by atoms with Gasteiger partial charge in [0.15, 0.2) is 46.5 Å². The lowest BCUT2D eigenvalue weighted by atomic mass is 9.87. The molecule has 8 heterocycles. The first-order valence-electron chi connectivity index (χ1n) is 47.5. The second kappa shape index (κ2) is 37.8. The van der Waals surface area contributed by atoms with E-state index < -0.39 is 24.1 Å². The van der Waals surface area contributed by atoms with Gasteiger partial charge >= 0.3 is 0 Å². The summed E-state index contributed by atoms with van der Waals surface area (Å²) < 4.78 is 95.0. The van der Waals surface area contributed by atoms with E-state index in [1.54, 1.807) is 20.0 Å². The van der Waals surface area contributed by atoms with E-state index in [0.717, 1.165) is 216 Å². The summed E-state index contributed by atoms with van der Waals surface area (Å²) in [6.07, 6.45) is 0.600. The fourth-order valence-corrected chi connectivity index (χ4v) is 17.9. The number of hydrogen-bond acceptors (Lipinski definition) is 4. The number of hydrogen-bond donors (Lipinski definition) is 0. The van der Waals surface area contributed by atoms with Crippen molar-refractivity contribution in [3.8, 4) is 89.5 Å². The molecule has 12 heteroatoms. The largest absolute Gasteiger partial charge is 0.455 e. The second-order valence-corrected chi connectivity index (χ2v) is 35.6. The van der Waals surface area contributed by atoms with Gasteiger partial charge in [-0.15, -0.1) is 0 Å². The molecule has 12 aromatic carbocycles. The van der Waals surface area contributed by atoms with Crippen molar-refractivity contribution in [2.24, 2.45) is 39.5 Å². The first-order valence-corrected chi connectivity index (χ1v) is 44.0. The Bertz CT molecular complexity index is 8520. The van der Waals surface area contributed by atoms with Crippen molar-refractivity contribution in [3.05, 3.63) is 381 Å². The molecule has 12 nitrogen and oxygen atoms in total. The van der Waals surface area contributed by atoms with E-state index in [0.29, 0.717) is 51.5 Å². The molecule has 133 heavy (non-hydrogen) atoms. The summed E-state index contributed by atoms with van der Waals surface area (Å²) in [5, 5.41) is 7.49. The Kier molecular flexibility index (Phi) is 23.6. The predicted molar refractivity (Wildman–Crippen MR) is 551 cm³/mol. The molecular weight excluding hydrogens is 1630 g/mol. The van der Waals surface area contributed by atoms with Crippen molar-refractivity contribution in [3.63, 3.8) is 0 Å². The first kappa shape index (κ1) is 83.0. The quantitative estimate of drug-likeness (QED) is 0.0901. The van der Waals surface area contributed by atoms with Crippen molar-refractivity contribution >= 4 is 111 Å². The highest BCUT2D eigenvalue weighted by Crippen LogP contribution is 2.49. The number of aryl methyl sites for hydroxylation is 9. The molecule has 658 valence electrons. The predicted octanol–water partition coefficient (Wildman–Crippen LogP) is 32.5. The van der Waals surface area contributed by atoms with Gasteiger partial charge in [-0.25, -0.2) is 28.5 Å². The average molecular weight is 1750 g/mol. The van der Waals surface area contributed by atoms with Crippen LogP contribution in [0.2, 0.25) is 0 Å². The van der Waals surface area contributed by atoms with E-state index in [1.165, 1.54) is 0 Å². The lowest BCUT2D eigenvalue weighted by Gasteiger charge is -2.18. The Morgan fingerprint density at radius 2 is 0.639 bits per heavy atom. The lowest BCUT2D eigenvalue weighted by molar-refractivity contribution is -0.666. The average Bonchev–Trinajstić information content (AvgIpc) is 1.60. The molecule has 0 spiro atoms. The minimum absolute atomic E-state index is 0. The smallest absolute Gasteiger partial charge is 0.216 e. The number of pyridine rings is 4. The van der Waals surface area contributed by atoms with Crippen LogP contribution in [0.25, 0.3) is 197 Å². The topological polar surface area (TPSA) is 85.5 Å². The molecule has 0 N–H and O–H groups in total. The fraction of sp³-hybridized carbons (Fsp3) is 0.207. The number of fused-ring (bicyclic) bond motifs is 12. The molecule has 0 saturated carbocycles. The number of nitrogens with zero attached hydrogens (tertiary/aromatic N) is 8. The van der Waals surface area contributed by atoms with E-state index in [9.17, 15) is 0 Å². The molecule has 0 unspecified atom stereocenters. The maximum Gasteiger partial charge on any atom is 0.216 e. The minimum Gasteiger partial charge on any atom is -0.455 e. The second-order valence-electron chi connectivity index (χ2n) is 35.6. The van der Waals surface area contributed by atoms with Crippen molar-refractivity contribution < 1.29 is 45.5 Å². The molecule has 8 aromatic heterocycles. The third-order valence-electron chi connectivity index (χ3n) is 24.5. The van der Waals surface area contributed by atoms with Crippen LogP contribution in [0.4, 0.5) is 22.7 Å². The molecule has 0 aliphatic carbocycles. The summed E-state index contributed by atoms with van der Waals surface area (Å²) in [5.74, 6) is -1.07. The highest BCUT2D eigenvalue weighted by atomic mass is 16.3. The Morgan fingerprint density at radius 3 is 0.940 bits per heavy atom. The summed E-state index contributed by atoms with van der Waals surface area (Å²) in [4.78, 5) is 14.9. The van der Waals surface area contributed by atoms with Crippen molar-refractivity contribution in [1.82, 2.24) is 0 Å². The van der Waals surface area contributed by atoms with E-state index in [2.05, 4.69) is 97.8 Å². The van der Waals surface area contributed by atoms with Crippen LogP contribution in [-0.2, 0) is 40.9 Å². The van der Waals surface area contributed by atoms with Gasteiger partial charge in [0.05, 0.1) is 51.3 Å². The Hall–Kier alpha value is -15.6. The summed E-state index contributed by atoms with van der Waals surface area (Å²) >= 11 is 0. The van der Waals surface area contributed by atoms with Crippen molar-refractivity contribution in [2.45, 2.75) is 130 Å². The molecule has 0 radical (unpaired) electrons. The highest BCUT2D eigenvalue weighted by Gasteiger charge is 2.31. The van der Waals surface area contributed by atoms with E-state index in [4.69, 9.17) is 53.6 Å². The molecule has 0 fully saturated rings. The van der Waals surface area contributed by atoms with Gasteiger partial charge in [-0.05, 0) is 180 Å². The first-order chi connectivity index (χ1) is 65.7. The summed E-state index contributed by atoms with van der Waals surface area (Å²) in [6.45, 7) is 58.0. The van der Waals surface area contributed by atoms with Crippen LogP contribution in [0.5, 0.6) is 0 Å². The normalized spacial score (nSPS) is 12.3. The third-order valence-corrected chi connectivity index (χ3v) is 24.5. The zero-order valence-corrected chi connectivity index (χ0v) is 77.2. The van der Waals surface area contributed by atoms with Crippen molar-refractivity contribution in [2.75, 3.05) is 0 Å². The van der Waals surface area contributed by atoms with Crippen LogP contribution in [-0.4, -0.2) is 0 Å². The van der Waals surface area contributed by atoms with Crippen LogP contribution >= 0.6 is 0 Å². The molecule has 0 aliphatic rings. The molecule has 0 amide bonds. The molecule has 20 rings (SSSR count). The summed E-state index contributed by atoms with van der Waals surface area (Å²) in [7, 11) is 7.89. The van der Waals surface area contributed by atoms with E-state index in [-0.39, 0.29) is 20.8 Å². The molecule has 20 aromatic rings. The molecule has 0 saturated heterocycles. The SMILES string of the molecule is C.C.[2H]C([2H])(c1cc(C)[n+](C)c(-c2c(C)ccc3c2oc2c(-c4ccccc4)cc([N+]#[C-])cc23)c1)C(C)(C)C.[2H]C([2H])(c1cc(C)[n+](C)c(-c2c(C)ccc3c2oc2c(-c4ccccc4)cc([N+]#[C-])cc23)c1)C(C)C.[2H]c1c[n+](C)c(-c2c(C)ccc3c2oc2c(-c4ccccc4)cc([N+]#[C-])cc23)cc1C.[2H]c1c[n+](C)c(-c2c(C)ccc3c2oc2c(-c4ccccc4)cc([N+]#[C-])cc23)cc1C([2H])(C)C. The number of aromatic nitrogens is 4. The molecule has 0 bridgehead atoms. The molecule has 0 aliphatic heterocycles. The summed E-state index contributed by atoms with van der Waals surface area (Å²) in [5.41, 5.74) is 32.0. The number of benzene rings is 12. The van der Waals surface area contributed by atoms with Crippen molar-refractivity contribution in [1.29, 1.82) is 0 Å². The van der Waals surface area contributed by atoms with Gasteiger partial charge in [-0.3, -0.25) is 0 Å². The van der Waals surface area contributed by atoms with Crippen LogP contribution in [0.15, 0.2) is 297 Å². The van der Waals surface area contributed by atoms with E-state index >= 15 is 0 Å². The van der Waals surface area contributed by atoms with Crippen LogP contribution in [0.3, 0.4) is 0 Å². The van der Waals surface area contributed by atoms with Gasteiger partial charge in [-0.1, -0.05) is 233 Å². The Morgan fingerprint density at radius 1 is 0.346 bits per heavy atom. The van der Waals surface area contributed by atoms with Gasteiger partial charge in [-0.2, -0.15) is 9.13 Å². The molecular formula is C121H114N8O4+4. The maximum atomic E-state index is 8.92. The Labute approximate surface area is 791 Å². The zero-order chi connectivity index (χ0) is 98.4. The van der Waals surface area contributed by atoms with Crippen LogP contribution < -0.4 is 18.3 Å². The minimum atomic E-state index is -1.53.